The van der Waals surface area contributed by atoms with E-state index in [2.05, 4.69) is 13.5 Å². The summed E-state index contributed by atoms with van der Waals surface area (Å²) in [5.41, 5.74) is 1.20. The Morgan fingerprint density at radius 1 is 1.67 bits per heavy atom. The Labute approximate surface area is 57.4 Å². The Kier molecular flexibility index (Phi) is 4.41. The number of hydrogen-bond acceptors (Lipinski definition) is 1. The van der Waals surface area contributed by atoms with Gasteiger partial charge in [0, 0.05) is 6.61 Å². The summed E-state index contributed by atoms with van der Waals surface area (Å²) in [5, 5.41) is 8.52. The highest BCUT2D eigenvalue weighted by atomic mass is 16.2. The van der Waals surface area contributed by atoms with Crippen molar-refractivity contribution >= 4 is 0 Å². The van der Waals surface area contributed by atoms with E-state index in [1.165, 1.54) is 5.57 Å². The van der Waals surface area contributed by atoms with Gasteiger partial charge in [-0.05, 0) is 25.7 Å². The summed E-state index contributed by atoms with van der Waals surface area (Å²) in [7, 11) is 0. The second kappa shape index (κ2) is 4.57. The van der Waals surface area contributed by atoms with Gasteiger partial charge in [0.1, 0.15) is 0 Å². The first kappa shape index (κ1) is 8.70. The summed E-state index contributed by atoms with van der Waals surface area (Å²) in [6.45, 7) is 8.25. The van der Waals surface area contributed by atoms with Gasteiger partial charge in [-0.2, -0.15) is 0 Å². The molecule has 1 heteroatoms. The van der Waals surface area contributed by atoms with E-state index < -0.39 is 0 Å². The molecule has 0 fully saturated rings. The molecular formula is C8H16O. The lowest BCUT2D eigenvalue weighted by Gasteiger charge is -2.07. The van der Waals surface area contributed by atoms with E-state index in [9.17, 15) is 0 Å². The molecule has 0 aliphatic carbocycles. The van der Waals surface area contributed by atoms with Crippen molar-refractivity contribution in [2.45, 2.75) is 26.7 Å². The van der Waals surface area contributed by atoms with Gasteiger partial charge in [0.05, 0.1) is 0 Å². The Balaban J connectivity index is 3.26. The molecule has 0 heterocycles. The molecule has 54 valence electrons. The van der Waals surface area contributed by atoms with Crippen LogP contribution in [0.1, 0.15) is 26.7 Å². The van der Waals surface area contributed by atoms with E-state index in [0.29, 0.717) is 12.5 Å². The second-order valence-electron chi connectivity index (χ2n) is 2.78. The molecule has 0 rings (SSSR count). The van der Waals surface area contributed by atoms with Gasteiger partial charge < -0.3 is 5.11 Å². The lowest BCUT2D eigenvalue weighted by Crippen LogP contribution is -1.97. The SMILES string of the molecule is C=C(C)CC(C)CCO. The van der Waals surface area contributed by atoms with E-state index in [4.69, 9.17) is 5.11 Å². The van der Waals surface area contributed by atoms with Crippen molar-refractivity contribution in [3.8, 4) is 0 Å². The minimum atomic E-state index is 0.300. The van der Waals surface area contributed by atoms with E-state index in [-0.39, 0.29) is 0 Å². The normalized spacial score (nSPS) is 13.2. The summed E-state index contributed by atoms with van der Waals surface area (Å²) < 4.78 is 0. The summed E-state index contributed by atoms with van der Waals surface area (Å²) >= 11 is 0. The molecule has 9 heavy (non-hydrogen) atoms. The fraction of sp³-hybridized carbons (Fsp3) is 0.750. The standard InChI is InChI=1S/C8H16O/c1-7(2)6-8(3)4-5-9/h8-9H,1,4-6H2,2-3H3. The van der Waals surface area contributed by atoms with Crippen LogP contribution in [-0.4, -0.2) is 11.7 Å². The first-order valence-electron chi connectivity index (χ1n) is 3.42. The van der Waals surface area contributed by atoms with E-state index in [1.54, 1.807) is 0 Å². The van der Waals surface area contributed by atoms with Crippen LogP contribution < -0.4 is 0 Å². The van der Waals surface area contributed by atoms with Crippen LogP contribution in [0.5, 0.6) is 0 Å². The fourth-order valence-corrected chi connectivity index (χ4v) is 0.917. The van der Waals surface area contributed by atoms with Gasteiger partial charge in [-0.1, -0.05) is 12.5 Å². The van der Waals surface area contributed by atoms with Crippen molar-refractivity contribution in [1.29, 1.82) is 0 Å². The zero-order valence-corrected chi connectivity index (χ0v) is 6.35. The topological polar surface area (TPSA) is 20.2 Å². The van der Waals surface area contributed by atoms with Crippen LogP contribution in [0.15, 0.2) is 12.2 Å². The Hall–Kier alpha value is -0.300. The van der Waals surface area contributed by atoms with Crippen LogP contribution in [0.4, 0.5) is 0 Å². The van der Waals surface area contributed by atoms with Crippen molar-refractivity contribution < 1.29 is 5.11 Å². The number of allylic oxidation sites excluding steroid dienone is 1. The molecule has 0 aliphatic heterocycles. The van der Waals surface area contributed by atoms with Gasteiger partial charge in [-0.15, -0.1) is 6.58 Å². The van der Waals surface area contributed by atoms with E-state index in [1.807, 2.05) is 6.92 Å². The Bertz CT molecular complexity index is 86.6. The Morgan fingerprint density at radius 3 is 2.56 bits per heavy atom. The maximum atomic E-state index is 8.52. The predicted octanol–water partition coefficient (Wildman–Crippen LogP) is 1.97. The van der Waals surface area contributed by atoms with E-state index in [0.717, 1.165) is 12.8 Å². The van der Waals surface area contributed by atoms with Gasteiger partial charge in [-0.25, -0.2) is 0 Å². The van der Waals surface area contributed by atoms with Crippen molar-refractivity contribution in [3.05, 3.63) is 12.2 Å². The van der Waals surface area contributed by atoms with Crippen LogP contribution in [0.3, 0.4) is 0 Å². The molecule has 0 saturated heterocycles. The summed E-state index contributed by atoms with van der Waals surface area (Å²) in [6.07, 6.45) is 1.94. The van der Waals surface area contributed by atoms with Gasteiger partial charge in [0.2, 0.25) is 0 Å². The molecule has 0 saturated carbocycles. The maximum absolute atomic E-state index is 8.52. The van der Waals surface area contributed by atoms with Crippen LogP contribution in [0.25, 0.3) is 0 Å². The highest BCUT2D eigenvalue weighted by Gasteiger charge is 1.99. The highest BCUT2D eigenvalue weighted by Crippen LogP contribution is 2.11. The third-order valence-corrected chi connectivity index (χ3v) is 1.32. The number of aliphatic hydroxyl groups excluding tert-OH is 1. The third-order valence-electron chi connectivity index (χ3n) is 1.32. The number of rotatable bonds is 4. The van der Waals surface area contributed by atoms with Crippen molar-refractivity contribution in [2.75, 3.05) is 6.61 Å². The van der Waals surface area contributed by atoms with Gasteiger partial charge in [0.15, 0.2) is 0 Å². The lowest BCUT2D eigenvalue weighted by molar-refractivity contribution is 0.262. The number of hydrogen-bond donors (Lipinski definition) is 1. The smallest absolute Gasteiger partial charge is 0.0433 e. The quantitative estimate of drug-likeness (QED) is 0.574. The highest BCUT2D eigenvalue weighted by molar-refractivity contribution is 4.89. The zero-order chi connectivity index (χ0) is 7.28. The molecule has 0 aromatic carbocycles. The molecule has 1 N–H and O–H groups in total. The largest absolute Gasteiger partial charge is 0.396 e. The van der Waals surface area contributed by atoms with Crippen molar-refractivity contribution in [3.63, 3.8) is 0 Å². The molecule has 1 nitrogen and oxygen atoms in total. The van der Waals surface area contributed by atoms with E-state index >= 15 is 0 Å². The molecule has 0 bridgehead atoms. The molecule has 0 amide bonds. The van der Waals surface area contributed by atoms with Gasteiger partial charge >= 0.3 is 0 Å². The number of aliphatic hydroxyl groups is 1. The molecule has 0 spiro atoms. The lowest BCUT2D eigenvalue weighted by atomic mass is 10.0. The fourth-order valence-electron chi connectivity index (χ4n) is 0.917. The maximum Gasteiger partial charge on any atom is 0.0433 e. The second-order valence-corrected chi connectivity index (χ2v) is 2.78. The molecule has 0 radical (unpaired) electrons. The third kappa shape index (κ3) is 5.57. The molecule has 0 aromatic rings. The average Bonchev–Trinajstić information content (AvgIpc) is 1.63. The van der Waals surface area contributed by atoms with Crippen LogP contribution in [0.2, 0.25) is 0 Å². The van der Waals surface area contributed by atoms with Crippen LogP contribution in [0, 0.1) is 5.92 Å². The summed E-state index contributed by atoms with van der Waals surface area (Å²) in [4.78, 5) is 0. The first-order valence-corrected chi connectivity index (χ1v) is 3.42. The van der Waals surface area contributed by atoms with Crippen LogP contribution in [-0.2, 0) is 0 Å². The zero-order valence-electron chi connectivity index (χ0n) is 6.35. The minimum Gasteiger partial charge on any atom is -0.396 e. The average molecular weight is 128 g/mol. The van der Waals surface area contributed by atoms with Gasteiger partial charge in [0.25, 0.3) is 0 Å². The summed E-state index contributed by atoms with van der Waals surface area (Å²) in [5.74, 6) is 0.590. The monoisotopic (exact) mass is 128 g/mol. The predicted molar refractivity (Wildman–Crippen MR) is 40.3 cm³/mol. The molecule has 0 aliphatic rings. The van der Waals surface area contributed by atoms with Crippen LogP contribution >= 0.6 is 0 Å². The summed E-state index contributed by atoms with van der Waals surface area (Å²) in [6, 6.07) is 0. The molecular weight excluding hydrogens is 112 g/mol. The molecule has 1 atom stereocenters. The molecule has 0 aromatic heterocycles. The Morgan fingerprint density at radius 2 is 2.22 bits per heavy atom. The first-order chi connectivity index (χ1) is 4.16. The van der Waals surface area contributed by atoms with Crippen molar-refractivity contribution in [1.82, 2.24) is 0 Å². The van der Waals surface area contributed by atoms with Gasteiger partial charge in [-0.3, -0.25) is 0 Å². The van der Waals surface area contributed by atoms with Crippen molar-refractivity contribution in [2.24, 2.45) is 5.92 Å². The molecule has 1 unspecified atom stereocenters. The minimum absolute atomic E-state index is 0.300.